The molecule has 1 aliphatic rings. The third-order valence-corrected chi connectivity index (χ3v) is 5.21. The Morgan fingerprint density at radius 2 is 2.06 bits per heavy atom. The lowest BCUT2D eigenvalue weighted by molar-refractivity contribution is 0.0768. The maximum atomic E-state index is 6.03. The second kappa shape index (κ2) is 5.70. The fourth-order valence-corrected chi connectivity index (χ4v) is 3.93. The largest absolute Gasteiger partial charge is 0.329 e. The van der Waals surface area contributed by atoms with E-state index in [0.29, 0.717) is 0 Å². The highest BCUT2D eigenvalue weighted by Gasteiger charge is 2.34. The molecule has 2 nitrogen and oxygen atoms in total. The van der Waals surface area contributed by atoms with E-state index in [2.05, 4.69) is 18.0 Å². The van der Waals surface area contributed by atoms with Crippen molar-refractivity contribution in [1.82, 2.24) is 4.90 Å². The van der Waals surface area contributed by atoms with Crippen molar-refractivity contribution in [2.24, 2.45) is 5.73 Å². The average molecular weight is 273 g/mol. The molecule has 17 heavy (non-hydrogen) atoms. The Morgan fingerprint density at radius 3 is 2.59 bits per heavy atom. The first-order chi connectivity index (χ1) is 8.16. The molecule has 0 bridgehead atoms. The van der Waals surface area contributed by atoms with Gasteiger partial charge in [-0.2, -0.15) is 0 Å². The second-order valence-corrected chi connectivity index (χ2v) is 6.85. The first kappa shape index (κ1) is 13.3. The molecular weight excluding hydrogens is 252 g/mol. The van der Waals surface area contributed by atoms with E-state index < -0.39 is 0 Å². The van der Waals surface area contributed by atoms with Crippen LogP contribution in [0.25, 0.3) is 0 Å². The van der Waals surface area contributed by atoms with Gasteiger partial charge in [-0.15, -0.1) is 11.3 Å². The van der Waals surface area contributed by atoms with Gasteiger partial charge < -0.3 is 5.73 Å². The summed E-state index contributed by atoms with van der Waals surface area (Å²) in [5, 5.41) is 0. The molecule has 0 radical (unpaired) electrons. The Balaban J connectivity index is 2.04. The van der Waals surface area contributed by atoms with Crippen molar-refractivity contribution >= 4 is 22.9 Å². The molecular formula is C13H21ClN2S. The van der Waals surface area contributed by atoms with Gasteiger partial charge in [0.15, 0.2) is 0 Å². The van der Waals surface area contributed by atoms with Crippen LogP contribution in [0.4, 0.5) is 0 Å². The molecule has 1 fully saturated rings. The first-order valence-electron chi connectivity index (χ1n) is 6.32. The Bertz CT molecular complexity index is 358. The van der Waals surface area contributed by atoms with E-state index in [0.717, 1.165) is 17.4 Å². The summed E-state index contributed by atoms with van der Waals surface area (Å²) in [5.41, 5.74) is 6.25. The SMILES string of the molecule is CN(Cc1ccc(Cl)s1)C1(CN)CCCCC1. The van der Waals surface area contributed by atoms with Gasteiger partial charge in [-0.05, 0) is 32.0 Å². The molecule has 0 saturated heterocycles. The van der Waals surface area contributed by atoms with Crippen molar-refractivity contribution in [2.75, 3.05) is 13.6 Å². The lowest BCUT2D eigenvalue weighted by atomic mass is 9.80. The van der Waals surface area contributed by atoms with Crippen molar-refractivity contribution in [3.05, 3.63) is 21.3 Å². The highest BCUT2D eigenvalue weighted by Crippen LogP contribution is 2.34. The summed E-state index contributed by atoms with van der Waals surface area (Å²) in [6.45, 7) is 1.73. The molecule has 0 spiro atoms. The van der Waals surface area contributed by atoms with E-state index in [-0.39, 0.29) is 5.54 Å². The monoisotopic (exact) mass is 272 g/mol. The molecule has 0 aliphatic heterocycles. The smallest absolute Gasteiger partial charge is 0.0931 e. The second-order valence-electron chi connectivity index (χ2n) is 5.05. The predicted octanol–water partition coefficient (Wildman–Crippen LogP) is 3.49. The molecule has 1 aliphatic carbocycles. The fourth-order valence-electron chi connectivity index (χ4n) is 2.79. The Hall–Kier alpha value is -0.0900. The highest BCUT2D eigenvalue weighted by molar-refractivity contribution is 7.16. The molecule has 0 atom stereocenters. The fraction of sp³-hybridized carbons (Fsp3) is 0.692. The van der Waals surface area contributed by atoms with Gasteiger partial charge in [-0.3, -0.25) is 4.90 Å². The van der Waals surface area contributed by atoms with Crippen molar-refractivity contribution in [2.45, 2.75) is 44.2 Å². The molecule has 2 N–H and O–H groups in total. The normalized spacial score (nSPS) is 19.8. The number of hydrogen-bond donors (Lipinski definition) is 1. The number of hydrogen-bond acceptors (Lipinski definition) is 3. The molecule has 4 heteroatoms. The lowest BCUT2D eigenvalue weighted by Crippen LogP contribution is -2.52. The van der Waals surface area contributed by atoms with Crippen LogP contribution < -0.4 is 5.73 Å². The molecule has 1 saturated carbocycles. The zero-order chi connectivity index (χ0) is 12.3. The molecule has 2 rings (SSSR count). The zero-order valence-electron chi connectivity index (χ0n) is 10.4. The van der Waals surface area contributed by atoms with E-state index in [1.807, 2.05) is 6.07 Å². The van der Waals surface area contributed by atoms with Crippen LogP contribution >= 0.6 is 22.9 Å². The third kappa shape index (κ3) is 3.02. The van der Waals surface area contributed by atoms with Gasteiger partial charge in [-0.25, -0.2) is 0 Å². The first-order valence-corrected chi connectivity index (χ1v) is 7.51. The lowest BCUT2D eigenvalue weighted by Gasteiger charge is -2.44. The Kier molecular flexibility index (Phi) is 4.47. The van der Waals surface area contributed by atoms with Crippen LogP contribution in [0.15, 0.2) is 12.1 Å². The quantitative estimate of drug-likeness (QED) is 0.909. The van der Waals surface area contributed by atoms with Crippen LogP contribution in [-0.2, 0) is 6.54 Å². The van der Waals surface area contributed by atoms with Crippen LogP contribution in [0, 0.1) is 0 Å². The summed E-state index contributed by atoms with van der Waals surface area (Å²) < 4.78 is 0.874. The van der Waals surface area contributed by atoms with Crippen LogP contribution in [0.1, 0.15) is 37.0 Å². The van der Waals surface area contributed by atoms with Gasteiger partial charge in [0, 0.05) is 23.5 Å². The third-order valence-electron chi connectivity index (χ3n) is 4.00. The van der Waals surface area contributed by atoms with Gasteiger partial charge >= 0.3 is 0 Å². The van der Waals surface area contributed by atoms with Gasteiger partial charge in [0.1, 0.15) is 0 Å². The minimum Gasteiger partial charge on any atom is -0.329 e. The average Bonchev–Trinajstić information content (AvgIpc) is 2.75. The van der Waals surface area contributed by atoms with Crippen molar-refractivity contribution in [3.8, 4) is 0 Å². The highest BCUT2D eigenvalue weighted by atomic mass is 35.5. The van der Waals surface area contributed by atoms with Crippen LogP contribution in [0.3, 0.4) is 0 Å². The maximum Gasteiger partial charge on any atom is 0.0931 e. The number of nitrogens with zero attached hydrogens (tertiary/aromatic N) is 1. The number of nitrogens with two attached hydrogens (primary N) is 1. The van der Waals surface area contributed by atoms with Crippen molar-refractivity contribution in [3.63, 3.8) is 0 Å². The van der Waals surface area contributed by atoms with Crippen molar-refractivity contribution < 1.29 is 0 Å². The van der Waals surface area contributed by atoms with E-state index in [4.69, 9.17) is 17.3 Å². The summed E-state index contributed by atoms with van der Waals surface area (Å²) >= 11 is 7.65. The molecule has 0 amide bonds. The Morgan fingerprint density at radius 1 is 1.35 bits per heavy atom. The van der Waals surface area contributed by atoms with Crippen LogP contribution in [0.2, 0.25) is 4.34 Å². The van der Waals surface area contributed by atoms with E-state index in [9.17, 15) is 0 Å². The minimum absolute atomic E-state index is 0.217. The molecule has 96 valence electrons. The number of likely N-dealkylation sites (N-methyl/N-ethyl adjacent to an activating group) is 1. The molecule has 0 aromatic carbocycles. The van der Waals surface area contributed by atoms with E-state index in [1.165, 1.54) is 37.0 Å². The Labute approximate surface area is 113 Å². The van der Waals surface area contributed by atoms with Gasteiger partial charge in [0.25, 0.3) is 0 Å². The van der Waals surface area contributed by atoms with E-state index >= 15 is 0 Å². The topological polar surface area (TPSA) is 29.3 Å². The maximum absolute atomic E-state index is 6.03. The summed E-state index contributed by atoms with van der Waals surface area (Å²) in [4.78, 5) is 3.77. The minimum atomic E-state index is 0.217. The molecule has 1 heterocycles. The summed E-state index contributed by atoms with van der Waals surface area (Å²) in [6.07, 6.45) is 6.46. The molecule has 1 aromatic rings. The van der Waals surface area contributed by atoms with Crippen molar-refractivity contribution in [1.29, 1.82) is 0 Å². The molecule has 1 aromatic heterocycles. The standard InChI is InChI=1S/C13H21ClN2S/c1-16(9-11-5-6-12(14)17-11)13(10-15)7-3-2-4-8-13/h5-6H,2-4,7-10,15H2,1H3. The zero-order valence-corrected chi connectivity index (χ0v) is 12.0. The van der Waals surface area contributed by atoms with Gasteiger partial charge in [-0.1, -0.05) is 30.9 Å². The summed E-state index contributed by atoms with van der Waals surface area (Å²) in [7, 11) is 2.20. The number of halogens is 1. The van der Waals surface area contributed by atoms with Crippen LogP contribution in [-0.4, -0.2) is 24.0 Å². The van der Waals surface area contributed by atoms with Gasteiger partial charge in [0.05, 0.1) is 4.34 Å². The van der Waals surface area contributed by atoms with E-state index in [1.54, 1.807) is 11.3 Å². The molecule has 0 unspecified atom stereocenters. The summed E-state index contributed by atoms with van der Waals surface area (Å²) in [5.74, 6) is 0. The predicted molar refractivity (Wildman–Crippen MR) is 75.7 cm³/mol. The number of thiophene rings is 1. The summed E-state index contributed by atoms with van der Waals surface area (Å²) in [6, 6.07) is 4.10. The van der Waals surface area contributed by atoms with Gasteiger partial charge in [0.2, 0.25) is 0 Å². The number of rotatable bonds is 4. The van der Waals surface area contributed by atoms with Crippen LogP contribution in [0.5, 0.6) is 0 Å².